The summed E-state index contributed by atoms with van der Waals surface area (Å²) in [5.74, 6) is -0.161. The second-order valence-corrected chi connectivity index (χ2v) is 9.07. The number of nitrogens with zero attached hydrogens (tertiary/aromatic N) is 2. The average molecular weight is 442 g/mol. The van der Waals surface area contributed by atoms with Crippen LogP contribution in [0.5, 0.6) is 0 Å². The van der Waals surface area contributed by atoms with Gasteiger partial charge in [0.25, 0.3) is 5.91 Å². The summed E-state index contributed by atoms with van der Waals surface area (Å²) in [5, 5.41) is 13.3. The van der Waals surface area contributed by atoms with Gasteiger partial charge in [0.2, 0.25) is 0 Å². The summed E-state index contributed by atoms with van der Waals surface area (Å²) in [6, 6.07) is 12.7. The highest BCUT2D eigenvalue weighted by Gasteiger charge is 2.35. The molecule has 0 saturated heterocycles. The first-order valence-electron chi connectivity index (χ1n) is 9.96. The monoisotopic (exact) mass is 441 g/mol. The van der Waals surface area contributed by atoms with Crippen molar-refractivity contribution in [3.05, 3.63) is 63.1 Å². The van der Waals surface area contributed by atoms with Gasteiger partial charge in [0.05, 0.1) is 0 Å². The SMILES string of the molecule is CCN1c2cc(Cl)c(/C=C(\C#N)C(=O)Nc3cccc(Cl)c3)cc2C(C)CC1(C)C. The van der Waals surface area contributed by atoms with Crippen LogP contribution in [0.2, 0.25) is 10.0 Å². The number of carbonyl (C=O) groups is 1. The van der Waals surface area contributed by atoms with E-state index in [-0.39, 0.29) is 11.1 Å². The third-order valence-electron chi connectivity index (χ3n) is 5.57. The summed E-state index contributed by atoms with van der Waals surface area (Å²) in [4.78, 5) is 15.0. The van der Waals surface area contributed by atoms with E-state index in [1.807, 2.05) is 18.2 Å². The molecule has 1 N–H and O–H groups in total. The molecule has 1 atom stereocenters. The quantitative estimate of drug-likeness (QED) is 0.426. The highest BCUT2D eigenvalue weighted by atomic mass is 35.5. The Bertz CT molecular complexity index is 1050. The van der Waals surface area contributed by atoms with Crippen LogP contribution < -0.4 is 10.2 Å². The summed E-state index contributed by atoms with van der Waals surface area (Å²) < 4.78 is 0. The zero-order valence-corrected chi connectivity index (χ0v) is 19.1. The van der Waals surface area contributed by atoms with E-state index in [9.17, 15) is 10.1 Å². The average Bonchev–Trinajstić information content (AvgIpc) is 2.66. The summed E-state index contributed by atoms with van der Waals surface area (Å²) in [6.45, 7) is 9.70. The molecule has 0 saturated carbocycles. The van der Waals surface area contributed by atoms with Gasteiger partial charge in [-0.3, -0.25) is 4.79 Å². The standard InChI is InChI=1S/C24H25Cl2N3O/c1-5-29-22-12-21(26)16(10-20(22)15(2)13-24(29,3)4)9-17(14-27)23(30)28-19-8-6-7-18(25)11-19/h6-12,15H,5,13H2,1-4H3,(H,28,30)/b17-9+. The Morgan fingerprint density at radius 2 is 2.07 bits per heavy atom. The number of fused-ring (bicyclic) bond motifs is 1. The molecule has 1 aliphatic heterocycles. The van der Waals surface area contributed by atoms with Crippen molar-refractivity contribution in [2.45, 2.75) is 45.6 Å². The fraction of sp³-hybridized carbons (Fsp3) is 0.333. The summed E-state index contributed by atoms with van der Waals surface area (Å²) in [5.41, 5.74) is 3.50. The van der Waals surface area contributed by atoms with Gasteiger partial charge in [-0.25, -0.2) is 0 Å². The molecule has 6 heteroatoms. The molecule has 3 rings (SSSR count). The maximum atomic E-state index is 12.6. The molecule has 1 unspecified atom stereocenters. The van der Waals surface area contributed by atoms with E-state index in [1.165, 1.54) is 5.56 Å². The van der Waals surface area contributed by atoms with Crippen molar-refractivity contribution in [1.29, 1.82) is 5.26 Å². The number of rotatable bonds is 4. The number of nitriles is 1. The molecule has 30 heavy (non-hydrogen) atoms. The number of halogens is 2. The van der Waals surface area contributed by atoms with Crippen molar-refractivity contribution >= 4 is 46.6 Å². The van der Waals surface area contributed by atoms with Crippen LogP contribution in [-0.4, -0.2) is 18.0 Å². The Morgan fingerprint density at radius 1 is 1.33 bits per heavy atom. The number of hydrogen-bond acceptors (Lipinski definition) is 3. The molecule has 1 amide bonds. The van der Waals surface area contributed by atoms with Gasteiger partial charge >= 0.3 is 0 Å². The van der Waals surface area contributed by atoms with E-state index in [1.54, 1.807) is 30.3 Å². The maximum Gasteiger partial charge on any atom is 0.266 e. The van der Waals surface area contributed by atoms with E-state index in [0.717, 1.165) is 18.7 Å². The number of amides is 1. The van der Waals surface area contributed by atoms with Crippen molar-refractivity contribution in [2.75, 3.05) is 16.8 Å². The van der Waals surface area contributed by atoms with Gasteiger partial charge in [-0.15, -0.1) is 0 Å². The lowest BCUT2D eigenvalue weighted by Crippen LogP contribution is -2.48. The van der Waals surface area contributed by atoms with E-state index in [0.29, 0.717) is 27.2 Å². The smallest absolute Gasteiger partial charge is 0.266 e. The normalized spacial score (nSPS) is 17.8. The predicted molar refractivity (Wildman–Crippen MR) is 125 cm³/mol. The van der Waals surface area contributed by atoms with Gasteiger partial charge in [-0.1, -0.05) is 36.2 Å². The molecule has 0 spiro atoms. The van der Waals surface area contributed by atoms with Gasteiger partial charge in [0, 0.05) is 33.5 Å². The molecule has 0 fully saturated rings. The lowest BCUT2D eigenvalue weighted by atomic mass is 9.79. The van der Waals surface area contributed by atoms with Crippen LogP contribution in [0.1, 0.15) is 51.2 Å². The van der Waals surface area contributed by atoms with Crippen LogP contribution in [-0.2, 0) is 4.79 Å². The first kappa shape index (κ1) is 22.2. The molecular weight excluding hydrogens is 417 g/mol. The Hall–Kier alpha value is -2.48. The van der Waals surface area contributed by atoms with Gasteiger partial charge in [-0.05, 0) is 80.6 Å². The van der Waals surface area contributed by atoms with Crippen LogP contribution in [0, 0.1) is 11.3 Å². The molecule has 0 bridgehead atoms. The second-order valence-electron chi connectivity index (χ2n) is 8.23. The number of anilines is 2. The zero-order valence-electron chi connectivity index (χ0n) is 17.6. The fourth-order valence-corrected chi connectivity index (χ4v) is 4.70. The van der Waals surface area contributed by atoms with Crippen LogP contribution in [0.4, 0.5) is 11.4 Å². The first-order valence-corrected chi connectivity index (χ1v) is 10.7. The molecule has 2 aromatic carbocycles. The van der Waals surface area contributed by atoms with E-state index < -0.39 is 5.91 Å². The van der Waals surface area contributed by atoms with Crippen molar-refractivity contribution in [3.63, 3.8) is 0 Å². The Balaban J connectivity index is 1.97. The summed E-state index contributed by atoms with van der Waals surface area (Å²) >= 11 is 12.5. The minimum Gasteiger partial charge on any atom is -0.366 e. The van der Waals surface area contributed by atoms with Crippen molar-refractivity contribution in [3.8, 4) is 6.07 Å². The molecule has 0 aromatic heterocycles. The second kappa shape index (κ2) is 8.71. The molecule has 4 nitrogen and oxygen atoms in total. The van der Waals surface area contributed by atoms with Gasteiger partial charge in [0.15, 0.2) is 0 Å². The number of hydrogen-bond donors (Lipinski definition) is 1. The minimum absolute atomic E-state index is 0.0204. The molecule has 1 aliphatic rings. The summed E-state index contributed by atoms with van der Waals surface area (Å²) in [7, 11) is 0. The zero-order chi connectivity index (χ0) is 22.1. The Labute approximate surface area is 188 Å². The number of benzene rings is 2. The lowest BCUT2D eigenvalue weighted by Gasteiger charge is -2.47. The predicted octanol–water partition coefficient (Wildman–Crippen LogP) is 6.65. The van der Waals surface area contributed by atoms with Crippen LogP contribution >= 0.6 is 23.2 Å². The highest BCUT2D eigenvalue weighted by molar-refractivity contribution is 6.32. The molecular formula is C24H25Cl2N3O. The Kier molecular flexibility index (Phi) is 6.45. The van der Waals surface area contributed by atoms with Crippen molar-refractivity contribution in [1.82, 2.24) is 0 Å². The maximum absolute atomic E-state index is 12.6. The highest BCUT2D eigenvalue weighted by Crippen LogP contribution is 2.45. The summed E-state index contributed by atoms with van der Waals surface area (Å²) in [6.07, 6.45) is 2.56. The first-order chi connectivity index (χ1) is 14.2. The number of nitrogens with one attached hydrogen (secondary N) is 1. The Morgan fingerprint density at radius 3 is 2.70 bits per heavy atom. The topological polar surface area (TPSA) is 56.1 Å². The van der Waals surface area contributed by atoms with Gasteiger partial charge < -0.3 is 10.2 Å². The third kappa shape index (κ3) is 4.48. The minimum atomic E-state index is -0.502. The van der Waals surface area contributed by atoms with Crippen molar-refractivity contribution in [2.24, 2.45) is 0 Å². The number of carbonyl (C=O) groups excluding carboxylic acids is 1. The fourth-order valence-electron chi connectivity index (χ4n) is 4.30. The lowest BCUT2D eigenvalue weighted by molar-refractivity contribution is -0.112. The third-order valence-corrected chi connectivity index (χ3v) is 6.13. The molecule has 1 heterocycles. The van der Waals surface area contributed by atoms with Gasteiger partial charge in [0.1, 0.15) is 11.6 Å². The van der Waals surface area contributed by atoms with Crippen LogP contribution in [0.25, 0.3) is 6.08 Å². The molecule has 156 valence electrons. The van der Waals surface area contributed by atoms with Crippen LogP contribution in [0.3, 0.4) is 0 Å². The molecule has 2 aromatic rings. The molecule has 0 aliphatic carbocycles. The van der Waals surface area contributed by atoms with Crippen LogP contribution in [0.15, 0.2) is 42.0 Å². The largest absolute Gasteiger partial charge is 0.366 e. The molecule has 0 radical (unpaired) electrons. The van der Waals surface area contributed by atoms with Crippen molar-refractivity contribution < 1.29 is 4.79 Å². The van der Waals surface area contributed by atoms with Gasteiger partial charge in [-0.2, -0.15) is 5.26 Å². The van der Waals surface area contributed by atoms with E-state index in [4.69, 9.17) is 23.2 Å². The van der Waals surface area contributed by atoms with E-state index in [2.05, 4.69) is 37.9 Å². The van der Waals surface area contributed by atoms with E-state index >= 15 is 0 Å².